The third-order valence-electron chi connectivity index (χ3n) is 1.97. The Kier molecular flexibility index (Phi) is 5.95. The van der Waals surface area contributed by atoms with E-state index in [2.05, 4.69) is 11.8 Å². The molecule has 1 N–H and O–H groups in total. The highest BCUT2D eigenvalue weighted by Gasteiger charge is 2.08. The summed E-state index contributed by atoms with van der Waals surface area (Å²) in [4.78, 5) is 14.4. The number of nitrogens with zero attached hydrogens (tertiary/aromatic N) is 2. The predicted octanol–water partition coefficient (Wildman–Crippen LogP) is 0.857. The molecule has 0 aliphatic carbocycles. The number of hydrogen-bond acceptors (Lipinski definition) is 3. The van der Waals surface area contributed by atoms with E-state index in [1.165, 1.54) is 6.08 Å². The molecule has 0 bridgehead atoms. The normalized spacial score (nSPS) is 13.5. The van der Waals surface area contributed by atoms with E-state index in [0.717, 1.165) is 13.1 Å². The number of carboxylic acid groups (broad SMARTS) is 1. The van der Waals surface area contributed by atoms with Crippen molar-refractivity contribution < 1.29 is 9.90 Å². The fraction of sp³-hybridized carbons (Fsp3) is 0.700. The summed E-state index contributed by atoms with van der Waals surface area (Å²) in [6.45, 7) is 5.82. The molecule has 0 saturated heterocycles. The number of likely N-dealkylation sites (N-methyl/N-ethyl adjacent to an activating group) is 2. The molecule has 0 fully saturated rings. The first-order chi connectivity index (χ1) is 6.47. The highest BCUT2D eigenvalue weighted by Crippen LogP contribution is 2.00. The van der Waals surface area contributed by atoms with Gasteiger partial charge in [0, 0.05) is 31.4 Å². The van der Waals surface area contributed by atoms with Crippen LogP contribution < -0.4 is 0 Å². The van der Waals surface area contributed by atoms with Crippen molar-refractivity contribution in [3.8, 4) is 0 Å². The number of carboxylic acids is 1. The molecule has 0 aliphatic heterocycles. The van der Waals surface area contributed by atoms with E-state index in [4.69, 9.17) is 5.11 Å². The molecular formula is C10H20N2O2. The number of rotatable bonds is 6. The minimum Gasteiger partial charge on any atom is -0.478 e. The van der Waals surface area contributed by atoms with Crippen molar-refractivity contribution >= 4 is 5.97 Å². The molecule has 14 heavy (non-hydrogen) atoms. The lowest BCUT2D eigenvalue weighted by Gasteiger charge is -2.28. The van der Waals surface area contributed by atoms with Crippen molar-refractivity contribution in [1.29, 1.82) is 0 Å². The van der Waals surface area contributed by atoms with Crippen LogP contribution in [-0.2, 0) is 4.79 Å². The highest BCUT2D eigenvalue weighted by molar-refractivity contribution is 5.79. The van der Waals surface area contributed by atoms with Crippen LogP contribution in [0.25, 0.3) is 0 Å². The molecule has 0 saturated carbocycles. The Morgan fingerprint density at radius 1 is 1.50 bits per heavy atom. The van der Waals surface area contributed by atoms with Crippen LogP contribution in [0.3, 0.4) is 0 Å². The van der Waals surface area contributed by atoms with Crippen LogP contribution >= 0.6 is 0 Å². The average Bonchev–Trinajstić information content (AvgIpc) is 2.03. The van der Waals surface area contributed by atoms with E-state index < -0.39 is 5.97 Å². The van der Waals surface area contributed by atoms with E-state index in [-0.39, 0.29) is 0 Å². The van der Waals surface area contributed by atoms with Gasteiger partial charge in [-0.15, -0.1) is 0 Å². The van der Waals surface area contributed by atoms with Crippen molar-refractivity contribution in [2.24, 2.45) is 0 Å². The quantitative estimate of drug-likeness (QED) is 0.646. The van der Waals surface area contributed by atoms with Crippen LogP contribution in [0.1, 0.15) is 13.8 Å². The lowest BCUT2D eigenvalue weighted by Crippen LogP contribution is -2.36. The van der Waals surface area contributed by atoms with Crippen molar-refractivity contribution in [1.82, 2.24) is 9.80 Å². The van der Waals surface area contributed by atoms with Gasteiger partial charge in [0.25, 0.3) is 0 Å². The van der Waals surface area contributed by atoms with Crippen LogP contribution in [-0.4, -0.2) is 54.1 Å². The smallest absolute Gasteiger partial charge is 0.329 e. The molecule has 0 aromatic heterocycles. The van der Waals surface area contributed by atoms with Crippen molar-refractivity contribution in [2.75, 3.05) is 27.2 Å². The zero-order valence-electron chi connectivity index (χ0n) is 9.40. The Hall–Kier alpha value is -1.03. The van der Waals surface area contributed by atoms with E-state index in [1.54, 1.807) is 6.20 Å². The summed E-state index contributed by atoms with van der Waals surface area (Å²) in [5.41, 5.74) is 0. The summed E-state index contributed by atoms with van der Waals surface area (Å²) in [6, 6.07) is 0.325. The van der Waals surface area contributed by atoms with Gasteiger partial charge in [0.05, 0.1) is 0 Å². The molecule has 1 atom stereocenters. The van der Waals surface area contributed by atoms with Gasteiger partial charge in [-0.3, -0.25) is 0 Å². The van der Waals surface area contributed by atoms with E-state index in [0.29, 0.717) is 6.04 Å². The van der Waals surface area contributed by atoms with E-state index >= 15 is 0 Å². The fourth-order valence-corrected chi connectivity index (χ4v) is 1.36. The van der Waals surface area contributed by atoms with Crippen LogP contribution in [0.5, 0.6) is 0 Å². The number of carbonyl (C=O) groups is 1. The minimum absolute atomic E-state index is 0.325. The lowest BCUT2D eigenvalue weighted by molar-refractivity contribution is -0.131. The molecule has 0 aliphatic rings. The molecule has 0 aromatic carbocycles. The van der Waals surface area contributed by atoms with Gasteiger partial charge in [0.1, 0.15) is 0 Å². The highest BCUT2D eigenvalue weighted by atomic mass is 16.4. The summed E-state index contributed by atoms with van der Waals surface area (Å²) in [5.74, 6) is -0.902. The number of aliphatic carboxylic acids is 1. The van der Waals surface area contributed by atoms with E-state index in [1.807, 2.05) is 25.9 Å². The summed E-state index contributed by atoms with van der Waals surface area (Å²) in [6.07, 6.45) is 2.81. The van der Waals surface area contributed by atoms with Crippen molar-refractivity contribution in [3.63, 3.8) is 0 Å². The second kappa shape index (κ2) is 6.43. The van der Waals surface area contributed by atoms with Gasteiger partial charge in [0.2, 0.25) is 0 Å². The lowest BCUT2D eigenvalue weighted by atomic mass is 10.3. The third-order valence-corrected chi connectivity index (χ3v) is 1.97. The molecule has 0 rings (SSSR count). The van der Waals surface area contributed by atoms with Crippen molar-refractivity contribution in [2.45, 2.75) is 19.9 Å². The van der Waals surface area contributed by atoms with Gasteiger partial charge in [-0.2, -0.15) is 0 Å². The Morgan fingerprint density at radius 2 is 2.07 bits per heavy atom. The zero-order valence-corrected chi connectivity index (χ0v) is 9.40. The maximum atomic E-state index is 10.3. The topological polar surface area (TPSA) is 43.8 Å². The second-order valence-electron chi connectivity index (χ2n) is 3.60. The Balaban J connectivity index is 4.18. The first kappa shape index (κ1) is 13.0. The first-order valence-electron chi connectivity index (χ1n) is 4.79. The molecule has 0 heterocycles. The van der Waals surface area contributed by atoms with Crippen LogP contribution in [0.2, 0.25) is 0 Å². The van der Waals surface area contributed by atoms with Gasteiger partial charge in [0.15, 0.2) is 0 Å². The van der Waals surface area contributed by atoms with Gasteiger partial charge >= 0.3 is 5.97 Å². The van der Waals surface area contributed by atoms with E-state index in [9.17, 15) is 4.79 Å². The summed E-state index contributed by atoms with van der Waals surface area (Å²) in [5, 5.41) is 8.50. The minimum atomic E-state index is -0.902. The molecule has 0 amide bonds. The molecule has 4 heteroatoms. The monoisotopic (exact) mass is 200 g/mol. The predicted molar refractivity (Wildman–Crippen MR) is 57.2 cm³/mol. The van der Waals surface area contributed by atoms with Gasteiger partial charge < -0.3 is 14.9 Å². The Bertz CT molecular complexity index is 202. The van der Waals surface area contributed by atoms with Gasteiger partial charge in [-0.25, -0.2) is 4.79 Å². The average molecular weight is 200 g/mol. The molecule has 82 valence electrons. The standard InChI is InChI=1S/C10H20N2O2/c1-5-12(7-6-10(13)14)9(2)8-11(3)4/h6-7,9H,5,8H2,1-4H3,(H,13,14)/b7-6+. The fourth-order valence-electron chi connectivity index (χ4n) is 1.36. The molecule has 1 unspecified atom stereocenters. The Morgan fingerprint density at radius 3 is 2.43 bits per heavy atom. The molecule has 0 aromatic rings. The SMILES string of the molecule is CCN(/C=C/C(=O)O)C(C)CN(C)C. The molecule has 0 radical (unpaired) electrons. The maximum absolute atomic E-state index is 10.3. The second-order valence-corrected chi connectivity index (χ2v) is 3.60. The molecular weight excluding hydrogens is 180 g/mol. The van der Waals surface area contributed by atoms with Gasteiger partial charge in [-0.05, 0) is 27.9 Å². The molecule has 0 spiro atoms. The number of hydrogen-bond donors (Lipinski definition) is 1. The first-order valence-corrected chi connectivity index (χ1v) is 4.79. The molecule has 4 nitrogen and oxygen atoms in total. The largest absolute Gasteiger partial charge is 0.478 e. The van der Waals surface area contributed by atoms with Crippen molar-refractivity contribution in [3.05, 3.63) is 12.3 Å². The van der Waals surface area contributed by atoms with Crippen LogP contribution in [0.4, 0.5) is 0 Å². The summed E-state index contributed by atoms with van der Waals surface area (Å²) < 4.78 is 0. The summed E-state index contributed by atoms with van der Waals surface area (Å²) >= 11 is 0. The Labute approximate surface area is 85.8 Å². The van der Waals surface area contributed by atoms with Crippen LogP contribution in [0.15, 0.2) is 12.3 Å². The maximum Gasteiger partial charge on any atom is 0.329 e. The van der Waals surface area contributed by atoms with Crippen LogP contribution in [0, 0.1) is 0 Å². The summed E-state index contributed by atoms with van der Waals surface area (Å²) in [7, 11) is 4.01. The zero-order chi connectivity index (χ0) is 11.1. The van der Waals surface area contributed by atoms with Gasteiger partial charge in [-0.1, -0.05) is 0 Å². The third kappa shape index (κ3) is 5.59.